The van der Waals surface area contributed by atoms with Crippen LogP contribution in [0.4, 0.5) is 0 Å². The summed E-state index contributed by atoms with van der Waals surface area (Å²) in [6, 6.07) is 0. The molecule has 1 rings (SSSR count). The molecule has 0 aliphatic heterocycles. The summed E-state index contributed by atoms with van der Waals surface area (Å²) in [5, 5.41) is 11.7. The first kappa shape index (κ1) is 11.2. The first-order valence-electron chi connectivity index (χ1n) is 4.79. The smallest absolute Gasteiger partial charge is 0.306 e. The molecule has 0 aromatic carbocycles. The Morgan fingerprint density at radius 1 is 1.71 bits per heavy atom. The molecular formula is C10H15NO2S. The highest BCUT2D eigenvalue weighted by Gasteiger charge is 2.13. The van der Waals surface area contributed by atoms with Crippen LogP contribution < -0.4 is 0 Å². The van der Waals surface area contributed by atoms with Crippen LogP contribution in [0, 0.1) is 5.92 Å². The fourth-order valence-corrected chi connectivity index (χ4v) is 2.12. The van der Waals surface area contributed by atoms with Gasteiger partial charge in [0.1, 0.15) is 0 Å². The molecule has 0 bridgehead atoms. The van der Waals surface area contributed by atoms with E-state index in [9.17, 15) is 4.79 Å². The lowest BCUT2D eigenvalue weighted by molar-refractivity contribution is -0.141. The summed E-state index contributed by atoms with van der Waals surface area (Å²) < 4.78 is 0. The Balaban J connectivity index is 2.55. The van der Waals surface area contributed by atoms with Gasteiger partial charge in [-0.1, -0.05) is 20.3 Å². The zero-order chi connectivity index (χ0) is 10.6. The number of aryl methyl sites for hydroxylation is 1. The van der Waals surface area contributed by atoms with E-state index < -0.39 is 5.97 Å². The Bertz CT molecular complexity index is 309. The Hall–Kier alpha value is -0.900. The van der Waals surface area contributed by atoms with E-state index in [1.165, 1.54) is 0 Å². The van der Waals surface area contributed by atoms with E-state index in [1.54, 1.807) is 18.3 Å². The molecule has 1 heterocycles. The van der Waals surface area contributed by atoms with Crippen molar-refractivity contribution in [3.8, 4) is 0 Å². The standard InChI is InChI=1S/C10H15NO2S/c1-3-4-8-6-14-9(11-8)5-7(2)10(12)13/h6-7H,3-5H2,1-2H3,(H,12,13). The predicted molar refractivity (Wildman–Crippen MR) is 56.6 cm³/mol. The van der Waals surface area contributed by atoms with Gasteiger partial charge in [0.2, 0.25) is 0 Å². The van der Waals surface area contributed by atoms with E-state index in [1.807, 2.05) is 5.38 Å². The number of carbonyl (C=O) groups is 1. The van der Waals surface area contributed by atoms with Gasteiger partial charge in [0.15, 0.2) is 0 Å². The third-order valence-corrected chi connectivity index (χ3v) is 2.93. The van der Waals surface area contributed by atoms with Crippen LogP contribution in [-0.4, -0.2) is 16.1 Å². The van der Waals surface area contributed by atoms with Gasteiger partial charge in [-0.3, -0.25) is 4.79 Å². The van der Waals surface area contributed by atoms with Gasteiger partial charge in [0.25, 0.3) is 0 Å². The summed E-state index contributed by atoms with van der Waals surface area (Å²) >= 11 is 1.56. The van der Waals surface area contributed by atoms with E-state index in [-0.39, 0.29) is 5.92 Å². The number of aliphatic carboxylic acids is 1. The van der Waals surface area contributed by atoms with Crippen molar-refractivity contribution in [2.24, 2.45) is 5.92 Å². The number of rotatable bonds is 5. The zero-order valence-electron chi connectivity index (χ0n) is 8.49. The van der Waals surface area contributed by atoms with Crippen LogP contribution in [-0.2, 0) is 17.6 Å². The predicted octanol–water partition coefficient (Wildman–Crippen LogP) is 2.36. The quantitative estimate of drug-likeness (QED) is 0.816. The minimum atomic E-state index is -0.753. The molecule has 1 N–H and O–H groups in total. The minimum Gasteiger partial charge on any atom is -0.481 e. The van der Waals surface area contributed by atoms with Crippen LogP contribution in [0.15, 0.2) is 5.38 Å². The van der Waals surface area contributed by atoms with Crippen molar-refractivity contribution >= 4 is 17.3 Å². The average Bonchev–Trinajstić information content (AvgIpc) is 2.53. The number of nitrogens with zero attached hydrogens (tertiary/aromatic N) is 1. The number of aromatic nitrogens is 1. The van der Waals surface area contributed by atoms with Crippen LogP contribution in [0.1, 0.15) is 31.0 Å². The molecule has 0 amide bonds. The van der Waals surface area contributed by atoms with Crippen molar-refractivity contribution in [3.05, 3.63) is 16.1 Å². The van der Waals surface area contributed by atoms with E-state index >= 15 is 0 Å². The molecule has 0 radical (unpaired) electrons. The third kappa shape index (κ3) is 3.10. The lowest BCUT2D eigenvalue weighted by Crippen LogP contribution is -2.12. The maximum Gasteiger partial charge on any atom is 0.306 e. The molecule has 0 aliphatic rings. The molecule has 0 spiro atoms. The summed E-state index contributed by atoms with van der Waals surface area (Å²) in [5.41, 5.74) is 1.09. The molecule has 0 aliphatic carbocycles. The topological polar surface area (TPSA) is 50.2 Å². The van der Waals surface area contributed by atoms with E-state index in [2.05, 4.69) is 11.9 Å². The van der Waals surface area contributed by atoms with Crippen molar-refractivity contribution in [3.63, 3.8) is 0 Å². The molecule has 3 nitrogen and oxygen atoms in total. The normalized spacial score (nSPS) is 12.7. The number of carboxylic acid groups (broad SMARTS) is 1. The molecule has 0 fully saturated rings. The summed E-state index contributed by atoms with van der Waals surface area (Å²) in [7, 11) is 0. The van der Waals surface area contributed by atoms with Gasteiger partial charge in [-0.2, -0.15) is 0 Å². The minimum absolute atomic E-state index is 0.337. The maximum absolute atomic E-state index is 10.6. The molecule has 1 atom stereocenters. The van der Waals surface area contributed by atoms with E-state index in [0.717, 1.165) is 23.5 Å². The van der Waals surface area contributed by atoms with Gasteiger partial charge in [-0.15, -0.1) is 11.3 Å². The molecule has 78 valence electrons. The van der Waals surface area contributed by atoms with Crippen LogP contribution >= 0.6 is 11.3 Å². The highest BCUT2D eigenvalue weighted by Crippen LogP contribution is 2.15. The molecule has 0 saturated heterocycles. The zero-order valence-corrected chi connectivity index (χ0v) is 9.30. The second-order valence-corrected chi connectivity index (χ2v) is 4.37. The fourth-order valence-electron chi connectivity index (χ4n) is 1.16. The molecule has 14 heavy (non-hydrogen) atoms. The van der Waals surface area contributed by atoms with Crippen LogP contribution in [0.2, 0.25) is 0 Å². The van der Waals surface area contributed by atoms with Crippen LogP contribution in [0.25, 0.3) is 0 Å². The summed E-state index contributed by atoms with van der Waals surface area (Å²) in [5.74, 6) is -1.09. The van der Waals surface area contributed by atoms with Crippen molar-refractivity contribution in [1.82, 2.24) is 4.98 Å². The maximum atomic E-state index is 10.6. The van der Waals surface area contributed by atoms with Crippen molar-refractivity contribution in [1.29, 1.82) is 0 Å². The lowest BCUT2D eigenvalue weighted by Gasteiger charge is -2.01. The van der Waals surface area contributed by atoms with E-state index in [4.69, 9.17) is 5.11 Å². The largest absolute Gasteiger partial charge is 0.481 e. The van der Waals surface area contributed by atoms with Gasteiger partial charge < -0.3 is 5.11 Å². The van der Waals surface area contributed by atoms with Crippen molar-refractivity contribution in [2.75, 3.05) is 0 Å². The molecule has 0 saturated carbocycles. The van der Waals surface area contributed by atoms with E-state index in [0.29, 0.717) is 6.42 Å². The van der Waals surface area contributed by atoms with Gasteiger partial charge in [-0.05, 0) is 6.42 Å². The molecular weight excluding hydrogens is 198 g/mol. The number of thiazole rings is 1. The first-order chi connectivity index (χ1) is 6.63. The highest BCUT2D eigenvalue weighted by molar-refractivity contribution is 7.09. The number of hydrogen-bond donors (Lipinski definition) is 1. The first-order valence-corrected chi connectivity index (χ1v) is 5.67. The summed E-state index contributed by atoms with van der Waals surface area (Å²) in [6.07, 6.45) is 2.61. The molecule has 1 aromatic rings. The average molecular weight is 213 g/mol. The van der Waals surface area contributed by atoms with Gasteiger partial charge in [0.05, 0.1) is 16.6 Å². The monoisotopic (exact) mass is 213 g/mol. The van der Waals surface area contributed by atoms with Gasteiger partial charge >= 0.3 is 5.97 Å². The Morgan fingerprint density at radius 2 is 2.43 bits per heavy atom. The molecule has 1 aromatic heterocycles. The summed E-state index contributed by atoms with van der Waals surface area (Å²) in [4.78, 5) is 15.0. The van der Waals surface area contributed by atoms with Crippen molar-refractivity contribution < 1.29 is 9.90 Å². The summed E-state index contributed by atoms with van der Waals surface area (Å²) in [6.45, 7) is 3.82. The van der Waals surface area contributed by atoms with Gasteiger partial charge in [0, 0.05) is 11.8 Å². The fraction of sp³-hybridized carbons (Fsp3) is 0.600. The third-order valence-electron chi connectivity index (χ3n) is 2.01. The highest BCUT2D eigenvalue weighted by atomic mass is 32.1. The Kier molecular flexibility index (Phi) is 4.07. The second kappa shape index (κ2) is 5.10. The van der Waals surface area contributed by atoms with Crippen LogP contribution in [0.3, 0.4) is 0 Å². The Morgan fingerprint density at radius 3 is 3.00 bits per heavy atom. The molecule has 1 unspecified atom stereocenters. The van der Waals surface area contributed by atoms with Crippen LogP contribution in [0.5, 0.6) is 0 Å². The molecule has 4 heteroatoms. The SMILES string of the molecule is CCCc1csc(CC(C)C(=O)O)n1. The number of carboxylic acids is 1. The van der Waals surface area contributed by atoms with Gasteiger partial charge in [-0.25, -0.2) is 4.98 Å². The lowest BCUT2D eigenvalue weighted by atomic mass is 10.1. The Labute approximate surface area is 87.8 Å². The number of hydrogen-bond acceptors (Lipinski definition) is 3. The second-order valence-electron chi connectivity index (χ2n) is 3.43. The van der Waals surface area contributed by atoms with Crippen molar-refractivity contribution in [2.45, 2.75) is 33.1 Å².